The Balaban J connectivity index is 3.33. The number of nitrogens with zero attached hydrogens (tertiary/aromatic N) is 2. The Labute approximate surface area is 112 Å². The van der Waals surface area contributed by atoms with Crippen LogP contribution in [-0.2, 0) is 6.18 Å². The van der Waals surface area contributed by atoms with E-state index < -0.39 is 35.6 Å². The van der Waals surface area contributed by atoms with Crippen molar-refractivity contribution < 1.29 is 28.3 Å². The third kappa shape index (κ3) is 3.81. The second kappa shape index (κ2) is 6.53. The molecule has 0 bridgehead atoms. The average molecular weight is 294 g/mol. The summed E-state index contributed by atoms with van der Waals surface area (Å²) in [5, 5.41) is 28.3. The summed E-state index contributed by atoms with van der Waals surface area (Å²) in [6.45, 7) is -1.06. The van der Waals surface area contributed by atoms with Crippen LogP contribution < -0.4 is 4.90 Å². The summed E-state index contributed by atoms with van der Waals surface area (Å²) in [4.78, 5) is 10.8. The van der Waals surface area contributed by atoms with Gasteiger partial charge in [-0.05, 0) is 6.07 Å². The molecule has 1 aromatic carbocycles. The maximum atomic E-state index is 13.0. The van der Waals surface area contributed by atoms with Crippen LogP contribution in [0.5, 0.6) is 0 Å². The number of aliphatic hydroxyl groups is 2. The van der Waals surface area contributed by atoms with Gasteiger partial charge in [-0.3, -0.25) is 10.1 Å². The van der Waals surface area contributed by atoms with Gasteiger partial charge in [0.2, 0.25) is 0 Å². The van der Waals surface area contributed by atoms with Gasteiger partial charge in [0, 0.05) is 30.9 Å². The minimum absolute atomic E-state index is 0.124. The lowest BCUT2D eigenvalue weighted by atomic mass is 10.1. The second-order valence-corrected chi connectivity index (χ2v) is 3.89. The Kier molecular flexibility index (Phi) is 5.28. The molecule has 0 amide bonds. The van der Waals surface area contributed by atoms with Gasteiger partial charge in [0.25, 0.3) is 5.69 Å². The first kappa shape index (κ1) is 16.2. The second-order valence-electron chi connectivity index (χ2n) is 3.89. The molecule has 0 unspecified atom stereocenters. The maximum absolute atomic E-state index is 13.0. The zero-order valence-electron chi connectivity index (χ0n) is 10.3. The first-order chi connectivity index (χ1) is 9.31. The van der Waals surface area contributed by atoms with E-state index in [2.05, 4.69) is 0 Å². The highest BCUT2D eigenvalue weighted by Crippen LogP contribution is 2.38. The van der Waals surface area contributed by atoms with Gasteiger partial charge in [0.1, 0.15) is 0 Å². The van der Waals surface area contributed by atoms with E-state index in [4.69, 9.17) is 10.2 Å². The molecule has 0 saturated heterocycles. The number of hydrogen-bond donors (Lipinski definition) is 2. The third-order valence-corrected chi connectivity index (χ3v) is 2.58. The Morgan fingerprint density at radius 1 is 1.20 bits per heavy atom. The molecule has 112 valence electrons. The molecule has 20 heavy (non-hydrogen) atoms. The van der Waals surface area contributed by atoms with Crippen molar-refractivity contribution in [2.24, 2.45) is 0 Å². The van der Waals surface area contributed by atoms with Gasteiger partial charge in [0.05, 0.1) is 23.7 Å². The number of halogens is 3. The lowest BCUT2D eigenvalue weighted by Gasteiger charge is -2.26. The summed E-state index contributed by atoms with van der Waals surface area (Å²) in [5.74, 6) is 0. The van der Waals surface area contributed by atoms with Crippen LogP contribution >= 0.6 is 0 Å². The van der Waals surface area contributed by atoms with Crippen LogP contribution in [0.4, 0.5) is 24.5 Å². The maximum Gasteiger partial charge on any atom is 0.418 e. The molecule has 0 saturated carbocycles. The van der Waals surface area contributed by atoms with Crippen molar-refractivity contribution in [3.63, 3.8) is 0 Å². The molecule has 1 aromatic rings. The van der Waals surface area contributed by atoms with E-state index in [1.165, 1.54) is 0 Å². The van der Waals surface area contributed by atoms with E-state index in [0.717, 1.165) is 17.0 Å². The minimum atomic E-state index is -4.77. The summed E-state index contributed by atoms with van der Waals surface area (Å²) in [6.07, 6.45) is -4.77. The number of alkyl halides is 3. The van der Waals surface area contributed by atoms with Crippen LogP contribution in [0.15, 0.2) is 18.2 Å². The molecule has 0 aromatic heterocycles. The minimum Gasteiger partial charge on any atom is -0.395 e. The number of benzene rings is 1. The highest BCUT2D eigenvalue weighted by molar-refractivity contribution is 5.59. The quantitative estimate of drug-likeness (QED) is 0.612. The highest BCUT2D eigenvalue weighted by atomic mass is 19.4. The van der Waals surface area contributed by atoms with Crippen molar-refractivity contribution in [3.05, 3.63) is 33.9 Å². The largest absolute Gasteiger partial charge is 0.418 e. The van der Waals surface area contributed by atoms with Crippen molar-refractivity contribution in [2.45, 2.75) is 6.18 Å². The molecule has 0 aliphatic rings. The summed E-state index contributed by atoms with van der Waals surface area (Å²) < 4.78 is 38.9. The third-order valence-electron chi connectivity index (χ3n) is 2.58. The Morgan fingerprint density at radius 3 is 2.15 bits per heavy atom. The first-order valence-electron chi connectivity index (χ1n) is 5.63. The Hall–Kier alpha value is -1.87. The number of hydrogen-bond acceptors (Lipinski definition) is 5. The first-order valence-corrected chi connectivity index (χ1v) is 5.63. The lowest BCUT2D eigenvalue weighted by molar-refractivity contribution is -0.385. The van der Waals surface area contributed by atoms with Crippen molar-refractivity contribution in [1.29, 1.82) is 0 Å². The number of nitro benzene ring substituents is 1. The molecule has 0 aliphatic carbocycles. The molecular formula is C11H13F3N2O4. The molecule has 1 rings (SSSR count). The van der Waals surface area contributed by atoms with Gasteiger partial charge in [-0.25, -0.2) is 0 Å². The Bertz CT molecular complexity index is 473. The summed E-state index contributed by atoms with van der Waals surface area (Å²) >= 11 is 0. The van der Waals surface area contributed by atoms with E-state index in [1.807, 2.05) is 0 Å². The number of non-ortho nitro benzene ring substituents is 1. The normalized spacial score (nSPS) is 11.4. The van der Waals surface area contributed by atoms with Crippen LogP contribution in [-0.4, -0.2) is 41.4 Å². The van der Waals surface area contributed by atoms with E-state index in [1.54, 1.807) is 0 Å². The van der Waals surface area contributed by atoms with Crippen molar-refractivity contribution in [2.75, 3.05) is 31.2 Å². The highest BCUT2D eigenvalue weighted by Gasteiger charge is 2.36. The van der Waals surface area contributed by atoms with Crippen LogP contribution in [0.2, 0.25) is 0 Å². The zero-order chi connectivity index (χ0) is 15.3. The lowest BCUT2D eigenvalue weighted by Crippen LogP contribution is -2.31. The fourth-order valence-electron chi connectivity index (χ4n) is 1.73. The van der Waals surface area contributed by atoms with Crippen LogP contribution in [0.1, 0.15) is 5.56 Å². The van der Waals surface area contributed by atoms with E-state index >= 15 is 0 Å². The van der Waals surface area contributed by atoms with E-state index in [9.17, 15) is 23.3 Å². The van der Waals surface area contributed by atoms with Gasteiger partial charge in [0.15, 0.2) is 0 Å². The average Bonchev–Trinajstić information content (AvgIpc) is 2.36. The smallest absolute Gasteiger partial charge is 0.395 e. The summed E-state index contributed by atoms with van der Waals surface area (Å²) in [5.41, 5.74) is -2.16. The molecule has 0 heterocycles. The molecule has 0 fully saturated rings. The van der Waals surface area contributed by atoms with Gasteiger partial charge in [-0.1, -0.05) is 0 Å². The number of rotatable bonds is 6. The SMILES string of the molecule is O=[N+]([O-])c1ccc(N(CCO)CCO)c(C(F)(F)F)c1. The van der Waals surface area contributed by atoms with Crippen molar-refractivity contribution in [3.8, 4) is 0 Å². The summed E-state index contributed by atoms with van der Waals surface area (Å²) in [7, 11) is 0. The molecule has 0 aliphatic heterocycles. The van der Waals surface area contributed by atoms with Crippen molar-refractivity contribution >= 4 is 11.4 Å². The molecule has 0 atom stereocenters. The molecule has 0 spiro atoms. The molecule has 9 heteroatoms. The molecule has 0 radical (unpaired) electrons. The van der Waals surface area contributed by atoms with Gasteiger partial charge in [-0.2, -0.15) is 13.2 Å². The molecule has 2 N–H and O–H groups in total. The fraction of sp³-hybridized carbons (Fsp3) is 0.455. The van der Waals surface area contributed by atoms with Crippen LogP contribution in [0.3, 0.4) is 0 Å². The van der Waals surface area contributed by atoms with Gasteiger partial charge in [-0.15, -0.1) is 0 Å². The van der Waals surface area contributed by atoms with E-state index in [0.29, 0.717) is 6.07 Å². The standard InChI is InChI=1S/C11H13F3N2O4/c12-11(13,14)9-7-8(16(19)20)1-2-10(9)15(3-5-17)4-6-18/h1-2,7,17-18H,3-6H2. The van der Waals surface area contributed by atoms with Gasteiger partial charge >= 0.3 is 6.18 Å². The van der Waals surface area contributed by atoms with Crippen molar-refractivity contribution in [1.82, 2.24) is 0 Å². The predicted molar refractivity (Wildman–Crippen MR) is 64.5 cm³/mol. The zero-order valence-corrected chi connectivity index (χ0v) is 10.3. The Morgan fingerprint density at radius 2 is 1.75 bits per heavy atom. The molecule has 6 nitrogen and oxygen atoms in total. The number of anilines is 1. The van der Waals surface area contributed by atoms with E-state index in [-0.39, 0.29) is 18.8 Å². The number of nitro groups is 1. The predicted octanol–water partition coefficient (Wildman–Crippen LogP) is 1.40. The molecular weight excluding hydrogens is 281 g/mol. The van der Waals surface area contributed by atoms with Crippen LogP contribution in [0, 0.1) is 10.1 Å². The topological polar surface area (TPSA) is 86.8 Å². The monoisotopic (exact) mass is 294 g/mol. The van der Waals surface area contributed by atoms with Crippen LogP contribution in [0.25, 0.3) is 0 Å². The van der Waals surface area contributed by atoms with Gasteiger partial charge < -0.3 is 15.1 Å². The fourth-order valence-corrected chi connectivity index (χ4v) is 1.73. The summed E-state index contributed by atoms with van der Waals surface area (Å²) in [6, 6.07) is 2.36. The number of aliphatic hydroxyl groups excluding tert-OH is 2.